The molecule has 0 radical (unpaired) electrons. The molecule has 3 rings (SSSR count). The first kappa shape index (κ1) is 15.8. The zero-order chi connectivity index (χ0) is 16.2. The molecule has 1 aliphatic carbocycles. The summed E-state index contributed by atoms with van der Waals surface area (Å²) in [5.74, 6) is 0. The molecule has 0 bridgehead atoms. The minimum atomic E-state index is -0.386. The number of nitrogens with zero attached hydrogens (tertiary/aromatic N) is 2. The fraction of sp³-hybridized carbons (Fsp3) is 0.529. The Morgan fingerprint density at radius 1 is 1.52 bits per heavy atom. The number of amides is 1. The summed E-state index contributed by atoms with van der Waals surface area (Å²) in [6, 6.07) is 5.11. The van der Waals surface area contributed by atoms with Gasteiger partial charge in [-0.15, -0.1) is 0 Å². The molecule has 1 fully saturated rings. The second-order valence-corrected chi connectivity index (χ2v) is 6.09. The van der Waals surface area contributed by atoms with Crippen LogP contribution in [0.25, 0.3) is 11.0 Å². The minimum Gasteiger partial charge on any atom is -0.453 e. The van der Waals surface area contributed by atoms with E-state index in [0.29, 0.717) is 18.6 Å². The highest BCUT2D eigenvalue weighted by molar-refractivity contribution is 5.80. The first-order chi connectivity index (χ1) is 11.2. The van der Waals surface area contributed by atoms with Crippen LogP contribution in [-0.4, -0.2) is 35.3 Å². The molecule has 0 aromatic carbocycles. The van der Waals surface area contributed by atoms with Crippen LogP contribution in [0, 0.1) is 0 Å². The van der Waals surface area contributed by atoms with E-state index in [-0.39, 0.29) is 6.09 Å². The molecule has 23 heavy (non-hydrogen) atoms. The van der Waals surface area contributed by atoms with Crippen molar-refractivity contribution in [2.45, 2.75) is 44.8 Å². The molecule has 2 aromatic rings. The van der Waals surface area contributed by atoms with Crippen LogP contribution in [0.3, 0.4) is 0 Å². The first-order valence-electron chi connectivity index (χ1n) is 8.20. The highest BCUT2D eigenvalue weighted by atomic mass is 16.5. The number of nitrogens with one attached hydrogen (secondary N) is 2. The van der Waals surface area contributed by atoms with Gasteiger partial charge in [0, 0.05) is 43.0 Å². The van der Waals surface area contributed by atoms with Crippen molar-refractivity contribution < 1.29 is 9.53 Å². The van der Waals surface area contributed by atoms with E-state index in [1.165, 1.54) is 30.9 Å². The smallest absolute Gasteiger partial charge is 0.406 e. The first-order valence-corrected chi connectivity index (χ1v) is 8.20. The summed E-state index contributed by atoms with van der Waals surface area (Å²) in [6.07, 6.45) is 7.02. The number of carbonyl (C=O) groups is 1. The Bertz CT molecular complexity index is 678. The maximum atomic E-state index is 11.1. The van der Waals surface area contributed by atoms with Gasteiger partial charge in [0.15, 0.2) is 0 Å². The van der Waals surface area contributed by atoms with Crippen LogP contribution in [-0.2, 0) is 11.3 Å². The number of fused-ring (bicyclic) bond motifs is 1. The van der Waals surface area contributed by atoms with Crippen LogP contribution in [0.15, 0.2) is 24.5 Å². The molecule has 0 aliphatic heterocycles. The number of alkyl carbamates (subject to hydrolysis) is 1. The highest BCUT2D eigenvalue weighted by Gasteiger charge is 2.25. The molecule has 1 amide bonds. The third kappa shape index (κ3) is 3.82. The van der Waals surface area contributed by atoms with Crippen molar-refractivity contribution in [2.24, 2.45) is 0 Å². The lowest BCUT2D eigenvalue weighted by atomic mass is 10.1. The van der Waals surface area contributed by atoms with E-state index in [2.05, 4.69) is 44.1 Å². The van der Waals surface area contributed by atoms with Gasteiger partial charge in [0.1, 0.15) is 5.65 Å². The van der Waals surface area contributed by atoms with Crippen molar-refractivity contribution in [1.82, 2.24) is 20.2 Å². The fourth-order valence-electron chi connectivity index (χ4n) is 2.87. The predicted molar refractivity (Wildman–Crippen MR) is 89.3 cm³/mol. The summed E-state index contributed by atoms with van der Waals surface area (Å²) >= 11 is 0. The Kier molecular flexibility index (Phi) is 4.81. The summed E-state index contributed by atoms with van der Waals surface area (Å²) in [4.78, 5) is 15.6. The molecular formula is C17H24N4O2. The van der Waals surface area contributed by atoms with Crippen molar-refractivity contribution in [1.29, 1.82) is 0 Å². The Morgan fingerprint density at radius 3 is 3.09 bits per heavy atom. The minimum absolute atomic E-state index is 0.323. The third-order valence-electron chi connectivity index (χ3n) is 4.22. The number of carbonyl (C=O) groups excluding carboxylic acids is 1. The lowest BCUT2D eigenvalue weighted by molar-refractivity contribution is 0.171. The van der Waals surface area contributed by atoms with Crippen LogP contribution in [0.2, 0.25) is 0 Å². The van der Waals surface area contributed by atoms with Gasteiger partial charge >= 0.3 is 6.09 Å². The van der Waals surface area contributed by atoms with Gasteiger partial charge < -0.3 is 19.9 Å². The van der Waals surface area contributed by atoms with Crippen molar-refractivity contribution in [3.63, 3.8) is 0 Å². The molecule has 124 valence electrons. The van der Waals surface area contributed by atoms with Crippen molar-refractivity contribution in [3.05, 3.63) is 30.1 Å². The van der Waals surface area contributed by atoms with Crippen molar-refractivity contribution >= 4 is 17.1 Å². The number of ether oxygens (including phenoxy) is 1. The van der Waals surface area contributed by atoms with E-state index in [1.54, 1.807) is 0 Å². The van der Waals surface area contributed by atoms with E-state index in [1.807, 2.05) is 12.3 Å². The molecule has 0 spiro atoms. The fourth-order valence-corrected chi connectivity index (χ4v) is 2.87. The third-order valence-corrected chi connectivity index (χ3v) is 4.22. The second kappa shape index (κ2) is 7.00. The van der Waals surface area contributed by atoms with Gasteiger partial charge in [0.25, 0.3) is 0 Å². The van der Waals surface area contributed by atoms with E-state index in [9.17, 15) is 4.79 Å². The van der Waals surface area contributed by atoms with E-state index >= 15 is 0 Å². The number of aromatic nitrogens is 2. The van der Waals surface area contributed by atoms with Crippen LogP contribution >= 0.6 is 0 Å². The van der Waals surface area contributed by atoms with Crippen LogP contribution in [0.4, 0.5) is 4.79 Å². The van der Waals surface area contributed by atoms with Crippen LogP contribution in [0.5, 0.6) is 0 Å². The average Bonchev–Trinajstić information content (AvgIpc) is 3.30. The molecule has 2 N–H and O–H groups in total. The largest absolute Gasteiger partial charge is 0.453 e. The topological polar surface area (TPSA) is 68.2 Å². The highest BCUT2D eigenvalue weighted by Crippen LogP contribution is 2.29. The summed E-state index contributed by atoms with van der Waals surface area (Å²) < 4.78 is 6.75. The SMILES string of the molecule is COC(=O)NCCCn1cc([C@@H](C)NC2CC2)c2cccnc21. The van der Waals surface area contributed by atoms with Crippen molar-refractivity contribution in [2.75, 3.05) is 13.7 Å². The van der Waals surface area contributed by atoms with Gasteiger partial charge in [-0.3, -0.25) is 0 Å². The maximum absolute atomic E-state index is 11.1. The summed E-state index contributed by atoms with van der Waals surface area (Å²) in [6.45, 7) is 3.61. The lowest BCUT2D eigenvalue weighted by Crippen LogP contribution is -2.24. The van der Waals surface area contributed by atoms with Crippen molar-refractivity contribution in [3.8, 4) is 0 Å². The molecule has 0 unspecified atom stereocenters. The number of hydrogen-bond donors (Lipinski definition) is 2. The Labute approximate surface area is 136 Å². The quantitative estimate of drug-likeness (QED) is 0.771. The summed E-state index contributed by atoms with van der Waals surface area (Å²) in [7, 11) is 1.37. The number of methoxy groups -OCH3 is 1. The normalized spacial score (nSPS) is 15.6. The Morgan fingerprint density at radius 2 is 2.35 bits per heavy atom. The molecule has 1 aliphatic rings. The Balaban J connectivity index is 1.70. The number of aryl methyl sites for hydroxylation is 1. The Hall–Kier alpha value is -2.08. The molecule has 1 atom stereocenters. The lowest BCUT2D eigenvalue weighted by Gasteiger charge is -2.12. The molecule has 2 aromatic heterocycles. The van der Waals surface area contributed by atoms with Gasteiger partial charge in [-0.2, -0.15) is 0 Å². The van der Waals surface area contributed by atoms with Gasteiger partial charge in [0.05, 0.1) is 7.11 Å². The number of pyridine rings is 1. The zero-order valence-corrected chi connectivity index (χ0v) is 13.7. The second-order valence-electron chi connectivity index (χ2n) is 6.09. The molecular weight excluding hydrogens is 292 g/mol. The average molecular weight is 316 g/mol. The number of rotatable bonds is 7. The van der Waals surface area contributed by atoms with Gasteiger partial charge in [-0.1, -0.05) is 0 Å². The standard InChI is InChI=1S/C17H24N4O2/c1-12(20-13-6-7-13)15-11-21(10-4-9-19-17(22)23-2)16-14(15)5-3-8-18-16/h3,5,8,11-13,20H,4,6-7,9-10H2,1-2H3,(H,19,22)/t12-/m1/s1. The molecule has 0 saturated heterocycles. The van der Waals surface area contributed by atoms with E-state index < -0.39 is 0 Å². The van der Waals surface area contributed by atoms with Gasteiger partial charge in [-0.05, 0) is 43.9 Å². The van der Waals surface area contributed by atoms with Gasteiger partial charge in [0.2, 0.25) is 0 Å². The summed E-state index contributed by atoms with van der Waals surface area (Å²) in [5.41, 5.74) is 2.30. The van der Waals surface area contributed by atoms with Crippen LogP contribution in [0.1, 0.15) is 37.8 Å². The molecule has 1 saturated carbocycles. The van der Waals surface area contributed by atoms with Crippen LogP contribution < -0.4 is 10.6 Å². The molecule has 2 heterocycles. The maximum Gasteiger partial charge on any atom is 0.406 e. The summed E-state index contributed by atoms with van der Waals surface area (Å²) in [5, 5.41) is 7.56. The molecule has 6 nitrogen and oxygen atoms in total. The number of hydrogen-bond acceptors (Lipinski definition) is 4. The zero-order valence-electron chi connectivity index (χ0n) is 13.7. The molecule has 6 heteroatoms. The van der Waals surface area contributed by atoms with E-state index in [4.69, 9.17) is 0 Å². The monoisotopic (exact) mass is 316 g/mol. The van der Waals surface area contributed by atoms with E-state index in [0.717, 1.165) is 18.6 Å². The predicted octanol–water partition coefficient (Wildman–Crippen LogP) is 2.60. The van der Waals surface area contributed by atoms with Gasteiger partial charge in [-0.25, -0.2) is 9.78 Å².